The van der Waals surface area contributed by atoms with E-state index >= 15 is 0 Å². The van der Waals surface area contributed by atoms with Crippen LogP contribution in [0, 0.1) is 0 Å². The summed E-state index contributed by atoms with van der Waals surface area (Å²) in [6, 6.07) is 7.60. The van der Waals surface area contributed by atoms with E-state index in [4.69, 9.17) is 23.2 Å². The smallest absolute Gasteiger partial charge is 0.128 e. The maximum absolute atomic E-state index is 6.17. The molecule has 1 aromatic carbocycles. The molecule has 0 atom stereocenters. The molecule has 0 aliphatic rings. The molecule has 20 heavy (non-hydrogen) atoms. The Kier molecular flexibility index (Phi) is 3.51. The Morgan fingerprint density at radius 1 is 1.20 bits per heavy atom. The second-order valence-corrected chi connectivity index (χ2v) is 5.20. The number of pyridine rings is 1. The molecule has 2 aromatic heterocycles. The molecule has 0 amide bonds. The van der Waals surface area contributed by atoms with Crippen LogP contribution in [0.2, 0.25) is 10.2 Å². The number of anilines is 1. The first kappa shape index (κ1) is 13.2. The first-order valence-corrected chi connectivity index (χ1v) is 6.85. The van der Waals surface area contributed by atoms with Crippen molar-refractivity contribution < 1.29 is 0 Å². The molecule has 4 nitrogen and oxygen atoms in total. The van der Waals surface area contributed by atoms with Gasteiger partial charge < -0.3 is 9.88 Å². The number of nitrogens with zero attached hydrogens (tertiary/aromatic N) is 3. The van der Waals surface area contributed by atoms with E-state index in [-0.39, 0.29) is 0 Å². The normalized spacial score (nSPS) is 10.9. The van der Waals surface area contributed by atoms with Crippen LogP contribution in [-0.4, -0.2) is 14.5 Å². The molecule has 0 saturated heterocycles. The van der Waals surface area contributed by atoms with Gasteiger partial charge in [-0.1, -0.05) is 23.2 Å². The molecule has 3 rings (SSSR count). The van der Waals surface area contributed by atoms with Gasteiger partial charge in [-0.2, -0.15) is 0 Å². The number of imidazole rings is 1. The van der Waals surface area contributed by atoms with Crippen LogP contribution < -0.4 is 5.32 Å². The van der Waals surface area contributed by atoms with Crippen LogP contribution in [0.4, 0.5) is 5.69 Å². The lowest BCUT2D eigenvalue weighted by Gasteiger charge is -2.10. The van der Waals surface area contributed by atoms with Crippen molar-refractivity contribution in [1.82, 2.24) is 14.5 Å². The fraction of sp³-hybridized carbons (Fsp3) is 0.143. The van der Waals surface area contributed by atoms with Crippen molar-refractivity contribution in [3.05, 3.63) is 52.7 Å². The first-order valence-electron chi connectivity index (χ1n) is 6.10. The van der Waals surface area contributed by atoms with E-state index in [1.54, 1.807) is 12.4 Å². The highest BCUT2D eigenvalue weighted by Gasteiger charge is 2.08. The average molecular weight is 307 g/mol. The van der Waals surface area contributed by atoms with Crippen LogP contribution in [0.5, 0.6) is 0 Å². The Balaban J connectivity index is 1.92. The molecule has 0 fully saturated rings. The number of benzene rings is 1. The summed E-state index contributed by atoms with van der Waals surface area (Å²) in [7, 11) is 1.88. The molecule has 2 heterocycles. The molecule has 0 radical (unpaired) electrons. The predicted molar refractivity (Wildman–Crippen MR) is 82.3 cm³/mol. The SMILES string of the molecule is Cn1c(Cl)cnc1CNc1ccc(Cl)c2cccnc12. The zero-order valence-corrected chi connectivity index (χ0v) is 12.3. The van der Waals surface area contributed by atoms with Crippen LogP contribution in [0.15, 0.2) is 36.7 Å². The van der Waals surface area contributed by atoms with Gasteiger partial charge in [-0.25, -0.2) is 4.98 Å². The van der Waals surface area contributed by atoms with E-state index in [9.17, 15) is 0 Å². The Labute approximate surface area is 126 Å². The number of aromatic nitrogens is 3. The minimum atomic E-state index is 0.566. The minimum Gasteiger partial charge on any atom is -0.376 e. The van der Waals surface area contributed by atoms with Gasteiger partial charge in [0.1, 0.15) is 11.0 Å². The van der Waals surface area contributed by atoms with E-state index in [0.29, 0.717) is 16.7 Å². The lowest BCUT2D eigenvalue weighted by atomic mass is 10.2. The third-order valence-corrected chi connectivity index (χ3v) is 3.86. The molecule has 1 N–H and O–H groups in total. The number of nitrogens with one attached hydrogen (secondary N) is 1. The van der Waals surface area contributed by atoms with Gasteiger partial charge in [0.15, 0.2) is 0 Å². The Morgan fingerprint density at radius 2 is 2.05 bits per heavy atom. The molecular formula is C14H12Cl2N4. The highest BCUT2D eigenvalue weighted by molar-refractivity contribution is 6.35. The lowest BCUT2D eigenvalue weighted by molar-refractivity contribution is 0.814. The van der Waals surface area contributed by atoms with E-state index < -0.39 is 0 Å². The summed E-state index contributed by atoms with van der Waals surface area (Å²) in [6.07, 6.45) is 3.39. The van der Waals surface area contributed by atoms with Gasteiger partial charge in [0.05, 0.1) is 29.0 Å². The van der Waals surface area contributed by atoms with Gasteiger partial charge in [0.2, 0.25) is 0 Å². The fourth-order valence-corrected chi connectivity index (χ4v) is 2.41. The Bertz CT molecular complexity index is 767. The molecule has 102 valence electrons. The molecular weight excluding hydrogens is 295 g/mol. The van der Waals surface area contributed by atoms with Crippen molar-refractivity contribution >= 4 is 39.8 Å². The molecule has 3 aromatic rings. The first-order chi connectivity index (χ1) is 9.66. The number of fused-ring (bicyclic) bond motifs is 1. The third-order valence-electron chi connectivity index (χ3n) is 3.18. The molecule has 0 bridgehead atoms. The number of rotatable bonds is 3. The topological polar surface area (TPSA) is 42.7 Å². The summed E-state index contributed by atoms with van der Waals surface area (Å²) in [5.41, 5.74) is 1.77. The summed E-state index contributed by atoms with van der Waals surface area (Å²) in [6.45, 7) is 0.566. The van der Waals surface area contributed by atoms with Gasteiger partial charge in [-0.05, 0) is 24.3 Å². The summed E-state index contributed by atoms with van der Waals surface area (Å²) in [5.74, 6) is 0.856. The molecule has 6 heteroatoms. The standard InChI is InChI=1S/C14H12Cl2N4/c1-20-12(16)7-19-13(20)8-18-11-5-4-10(15)9-3-2-6-17-14(9)11/h2-7,18H,8H2,1H3. The summed E-state index contributed by atoms with van der Waals surface area (Å²) in [4.78, 5) is 8.63. The van der Waals surface area contributed by atoms with Gasteiger partial charge >= 0.3 is 0 Å². The fourth-order valence-electron chi connectivity index (χ4n) is 2.04. The van der Waals surface area contributed by atoms with Gasteiger partial charge in [0.25, 0.3) is 0 Å². The van der Waals surface area contributed by atoms with E-state index in [1.807, 2.05) is 35.9 Å². The van der Waals surface area contributed by atoms with E-state index in [1.165, 1.54) is 0 Å². The predicted octanol–water partition coefficient (Wildman–Crippen LogP) is 3.89. The quantitative estimate of drug-likeness (QED) is 0.798. The molecule has 0 aliphatic carbocycles. The van der Waals surface area contributed by atoms with Gasteiger partial charge in [0, 0.05) is 18.6 Å². The molecule has 0 spiro atoms. The molecule has 0 aliphatic heterocycles. The number of hydrogen-bond acceptors (Lipinski definition) is 3. The Morgan fingerprint density at radius 3 is 2.80 bits per heavy atom. The Hall–Kier alpha value is -1.78. The largest absolute Gasteiger partial charge is 0.376 e. The maximum atomic E-state index is 6.17. The second-order valence-electron chi connectivity index (χ2n) is 4.40. The van der Waals surface area contributed by atoms with Crippen molar-refractivity contribution in [3.8, 4) is 0 Å². The van der Waals surface area contributed by atoms with Crippen LogP contribution in [0.1, 0.15) is 5.82 Å². The van der Waals surface area contributed by atoms with Crippen molar-refractivity contribution in [2.45, 2.75) is 6.54 Å². The van der Waals surface area contributed by atoms with E-state index in [0.717, 1.165) is 22.4 Å². The third kappa shape index (κ3) is 2.32. The van der Waals surface area contributed by atoms with Crippen molar-refractivity contribution in [1.29, 1.82) is 0 Å². The zero-order chi connectivity index (χ0) is 14.1. The van der Waals surface area contributed by atoms with Crippen molar-refractivity contribution in [3.63, 3.8) is 0 Å². The number of halogens is 2. The summed E-state index contributed by atoms with van der Waals surface area (Å²) in [5, 5.41) is 5.56. The maximum Gasteiger partial charge on any atom is 0.128 e. The van der Waals surface area contributed by atoms with Gasteiger partial charge in [-0.15, -0.1) is 0 Å². The second kappa shape index (κ2) is 5.31. The average Bonchev–Trinajstić information content (AvgIpc) is 2.79. The monoisotopic (exact) mass is 306 g/mol. The van der Waals surface area contributed by atoms with Gasteiger partial charge in [-0.3, -0.25) is 4.98 Å². The highest BCUT2D eigenvalue weighted by atomic mass is 35.5. The van der Waals surface area contributed by atoms with Crippen LogP contribution in [0.25, 0.3) is 10.9 Å². The molecule has 0 unspecified atom stereocenters. The molecule has 0 saturated carbocycles. The van der Waals surface area contributed by atoms with Crippen LogP contribution >= 0.6 is 23.2 Å². The van der Waals surface area contributed by atoms with Crippen LogP contribution in [-0.2, 0) is 13.6 Å². The van der Waals surface area contributed by atoms with Crippen molar-refractivity contribution in [2.75, 3.05) is 5.32 Å². The highest BCUT2D eigenvalue weighted by Crippen LogP contribution is 2.28. The summed E-state index contributed by atoms with van der Waals surface area (Å²) >= 11 is 12.1. The lowest BCUT2D eigenvalue weighted by Crippen LogP contribution is -2.06. The summed E-state index contributed by atoms with van der Waals surface area (Å²) < 4.78 is 1.83. The number of hydrogen-bond donors (Lipinski definition) is 1. The minimum absolute atomic E-state index is 0.566. The zero-order valence-electron chi connectivity index (χ0n) is 10.8. The van der Waals surface area contributed by atoms with Crippen LogP contribution in [0.3, 0.4) is 0 Å². The van der Waals surface area contributed by atoms with E-state index in [2.05, 4.69) is 15.3 Å². The van der Waals surface area contributed by atoms with Crippen molar-refractivity contribution in [2.24, 2.45) is 7.05 Å².